The van der Waals surface area contributed by atoms with Gasteiger partial charge in [0.05, 0.1) is 0 Å². The van der Waals surface area contributed by atoms with Gasteiger partial charge in [0.2, 0.25) is 0 Å². The quantitative estimate of drug-likeness (QED) is 0.685. The maximum Gasteiger partial charge on any atom is -1.00 e. The molecule has 0 aromatic carbocycles. The van der Waals surface area contributed by atoms with Crippen LogP contribution in [0, 0.1) is 5.92 Å². The number of hydrogen-bond donors (Lipinski definition) is 0. The average Bonchev–Trinajstić information content (AvgIpc) is 2.80. The Kier molecular flexibility index (Phi) is 6.75. The van der Waals surface area contributed by atoms with Crippen molar-refractivity contribution in [2.24, 2.45) is 5.92 Å². The van der Waals surface area contributed by atoms with Crippen molar-refractivity contribution in [2.45, 2.75) is 69.9 Å². The number of allylic oxidation sites excluding steroid dienone is 4. The molecule has 4 nitrogen and oxygen atoms in total. The van der Waals surface area contributed by atoms with E-state index in [1.807, 2.05) is 0 Å². The number of halogens is 1. The fourth-order valence-electron chi connectivity index (χ4n) is 4.51. The molecule has 3 aliphatic rings. The first-order valence-corrected chi connectivity index (χ1v) is 10.9. The van der Waals surface area contributed by atoms with Gasteiger partial charge in [-0.25, -0.2) is 0 Å². The van der Waals surface area contributed by atoms with Crippen LogP contribution in [0.1, 0.15) is 65.7 Å². The molecule has 0 saturated carbocycles. The maximum atomic E-state index is 11.5. The fraction of sp³-hybridized carbons (Fsp3) is 0.667. The van der Waals surface area contributed by atoms with Gasteiger partial charge >= 0.3 is 145 Å². The van der Waals surface area contributed by atoms with Crippen molar-refractivity contribution in [2.75, 3.05) is 0 Å². The zero-order valence-corrected chi connectivity index (χ0v) is 16.9. The van der Waals surface area contributed by atoms with Crippen molar-refractivity contribution in [1.29, 1.82) is 0 Å². The Morgan fingerprint density at radius 2 is 1.54 bits per heavy atom. The van der Waals surface area contributed by atoms with Crippen LogP contribution >= 0.6 is 0 Å². The molecule has 0 saturated heterocycles. The van der Waals surface area contributed by atoms with Crippen molar-refractivity contribution in [1.82, 2.24) is 0 Å². The topological polar surface area (TPSA) is 52.6 Å². The molecule has 6 heteroatoms. The molecule has 3 rings (SSSR count). The molecule has 3 aliphatic carbocycles. The first-order chi connectivity index (χ1) is 11.0. The van der Waals surface area contributed by atoms with E-state index in [0.717, 1.165) is 19.3 Å². The minimum atomic E-state index is -2.70. The van der Waals surface area contributed by atoms with Crippen LogP contribution in [0.15, 0.2) is 22.3 Å². The Balaban J connectivity index is 0.00000208. The summed E-state index contributed by atoms with van der Waals surface area (Å²) in [5, 5.41) is 0. The van der Waals surface area contributed by atoms with Crippen LogP contribution < -0.4 is 12.4 Å². The molecule has 0 aliphatic heterocycles. The fourth-order valence-corrected chi connectivity index (χ4v) is 7.65. The zero-order chi connectivity index (χ0) is 16.6. The summed E-state index contributed by atoms with van der Waals surface area (Å²) in [5.74, 6) is -0.200. The van der Waals surface area contributed by atoms with Crippen LogP contribution in [0.2, 0.25) is 4.22 Å². The Morgan fingerprint density at radius 3 is 2.17 bits per heavy atom. The third-order valence-electron chi connectivity index (χ3n) is 5.28. The van der Waals surface area contributed by atoms with E-state index < -0.39 is 18.6 Å². The van der Waals surface area contributed by atoms with Crippen LogP contribution in [0.5, 0.6) is 0 Å². The third kappa shape index (κ3) is 3.81. The Morgan fingerprint density at radius 1 is 0.958 bits per heavy atom. The molecule has 2 atom stereocenters. The Bertz CT molecular complexity index is 580. The molecule has 0 radical (unpaired) electrons. The van der Waals surface area contributed by atoms with Gasteiger partial charge in [0.15, 0.2) is 0 Å². The van der Waals surface area contributed by atoms with E-state index in [1.165, 1.54) is 50.7 Å². The second kappa shape index (κ2) is 8.20. The molecule has 0 bridgehead atoms. The molecule has 0 aromatic heterocycles. The standard InChI is InChI=1S/C14H19.2C2H4O2.ClH.Ti/c1-10-11-6-2-4-8-13(11)14-9-5-3-7-12(10)14;2*1-2(3)4;;/h6,10H,2-5,7-9H2,1H3;2*1H3,(H,3,4);1H;/q;;;;+3/p-3. The summed E-state index contributed by atoms with van der Waals surface area (Å²) >= 11 is -2.70. The van der Waals surface area contributed by atoms with Gasteiger partial charge in [-0.05, 0) is 0 Å². The summed E-state index contributed by atoms with van der Waals surface area (Å²) in [6.07, 6.45) is 8.19. The summed E-state index contributed by atoms with van der Waals surface area (Å²) in [5.41, 5.74) is 6.16. The largest absolute Gasteiger partial charge is 1.00 e. The predicted molar refractivity (Wildman–Crippen MR) is 82.8 cm³/mol. The van der Waals surface area contributed by atoms with Gasteiger partial charge < -0.3 is 12.4 Å². The van der Waals surface area contributed by atoms with E-state index >= 15 is 0 Å². The van der Waals surface area contributed by atoms with Crippen molar-refractivity contribution in [3.05, 3.63) is 22.3 Å². The minimum Gasteiger partial charge on any atom is -1.00 e. The molecular formula is C18H25ClO4Ti. The van der Waals surface area contributed by atoms with Crippen LogP contribution in [0.25, 0.3) is 0 Å². The third-order valence-corrected chi connectivity index (χ3v) is 8.63. The molecule has 132 valence electrons. The summed E-state index contributed by atoms with van der Waals surface area (Å²) < 4.78 is 11.3. The second-order valence-corrected chi connectivity index (χ2v) is 9.54. The Labute approximate surface area is 157 Å². The van der Waals surface area contributed by atoms with Crippen molar-refractivity contribution < 1.29 is 47.3 Å². The van der Waals surface area contributed by atoms with Crippen LogP contribution in [0.3, 0.4) is 0 Å². The van der Waals surface area contributed by atoms with Crippen molar-refractivity contribution in [3.8, 4) is 0 Å². The molecule has 0 spiro atoms. The molecule has 0 amide bonds. The first kappa shape index (κ1) is 19.7. The van der Waals surface area contributed by atoms with E-state index in [0.29, 0.717) is 5.92 Å². The van der Waals surface area contributed by atoms with Crippen LogP contribution in [-0.4, -0.2) is 11.9 Å². The van der Waals surface area contributed by atoms with Gasteiger partial charge in [-0.3, -0.25) is 0 Å². The number of hydrogen-bond acceptors (Lipinski definition) is 4. The van der Waals surface area contributed by atoms with E-state index in [1.54, 1.807) is 11.1 Å². The summed E-state index contributed by atoms with van der Waals surface area (Å²) in [4.78, 5) is 23.0. The molecule has 2 unspecified atom stereocenters. The first-order valence-electron chi connectivity index (χ1n) is 8.68. The molecule has 24 heavy (non-hydrogen) atoms. The van der Waals surface area contributed by atoms with Crippen LogP contribution in [0.4, 0.5) is 0 Å². The number of fused-ring (bicyclic) bond motifs is 1. The normalized spacial score (nSPS) is 25.5. The molecule has 0 N–H and O–H groups in total. The van der Waals surface area contributed by atoms with Crippen molar-refractivity contribution in [3.63, 3.8) is 0 Å². The van der Waals surface area contributed by atoms with Gasteiger partial charge in [-0.15, -0.1) is 0 Å². The zero-order valence-electron chi connectivity index (χ0n) is 14.6. The second-order valence-electron chi connectivity index (χ2n) is 6.82. The average molecular weight is 389 g/mol. The number of rotatable bonds is 3. The molecule has 0 fully saturated rings. The van der Waals surface area contributed by atoms with E-state index in [9.17, 15) is 9.59 Å². The van der Waals surface area contributed by atoms with Crippen molar-refractivity contribution >= 4 is 11.9 Å². The summed E-state index contributed by atoms with van der Waals surface area (Å²) in [6.45, 7) is 5.12. The van der Waals surface area contributed by atoms with Crippen LogP contribution in [-0.2, 0) is 34.9 Å². The van der Waals surface area contributed by atoms with Gasteiger partial charge in [0.25, 0.3) is 0 Å². The van der Waals surface area contributed by atoms with Gasteiger partial charge in [0.1, 0.15) is 0 Å². The van der Waals surface area contributed by atoms with E-state index in [2.05, 4.69) is 6.92 Å². The van der Waals surface area contributed by atoms with E-state index in [4.69, 9.17) is 6.64 Å². The maximum absolute atomic E-state index is 11.5. The molecule has 0 aromatic rings. The minimum absolute atomic E-state index is 0. The molecule has 0 heterocycles. The predicted octanol–water partition coefficient (Wildman–Crippen LogP) is 1.35. The smallest absolute Gasteiger partial charge is 1.00 e. The summed E-state index contributed by atoms with van der Waals surface area (Å²) in [7, 11) is 0. The molecular weight excluding hydrogens is 364 g/mol. The van der Waals surface area contributed by atoms with Gasteiger partial charge in [-0.2, -0.15) is 0 Å². The Hall–Kier alpha value is -0.576. The number of carbonyl (C=O) groups is 2. The number of carbonyl (C=O) groups excluding carboxylic acids is 2. The monoisotopic (exact) mass is 388 g/mol. The SMILES string of the molecule is CC(=O)[O][Ti+]([O]C(C)=O)[CH]1CCCC2=C1C(C)C1=C2CCCC1.[Cl-]. The summed E-state index contributed by atoms with van der Waals surface area (Å²) in [6, 6.07) is 0. The van der Waals surface area contributed by atoms with E-state index in [-0.39, 0.29) is 28.6 Å². The van der Waals surface area contributed by atoms with Gasteiger partial charge in [0, 0.05) is 0 Å². The van der Waals surface area contributed by atoms with Gasteiger partial charge in [-0.1, -0.05) is 0 Å².